The summed E-state index contributed by atoms with van der Waals surface area (Å²) in [4.78, 5) is 30.1. The number of likely N-dealkylation sites (tertiary alicyclic amines) is 1. The minimum Gasteiger partial charge on any atom is -0.474 e. The number of rotatable bonds is 8. The van der Waals surface area contributed by atoms with Gasteiger partial charge in [-0.05, 0) is 119 Å². The van der Waals surface area contributed by atoms with Gasteiger partial charge in [-0.3, -0.25) is 9.59 Å². The number of hydrogen-bond acceptors (Lipinski definition) is 7. The van der Waals surface area contributed by atoms with Crippen molar-refractivity contribution in [3.63, 3.8) is 0 Å². The van der Waals surface area contributed by atoms with E-state index in [1.807, 2.05) is 18.7 Å². The summed E-state index contributed by atoms with van der Waals surface area (Å²) >= 11 is 1.70. The minimum atomic E-state index is -0.701. The maximum Gasteiger partial charge on any atom is 0.291 e. The summed E-state index contributed by atoms with van der Waals surface area (Å²) in [5, 5.41) is 11.6. The van der Waals surface area contributed by atoms with E-state index < -0.39 is 5.41 Å². The molecule has 2 aliphatic heterocycles. The van der Waals surface area contributed by atoms with Crippen LogP contribution in [0.5, 0.6) is 5.88 Å². The lowest BCUT2D eigenvalue weighted by atomic mass is 9.54. The lowest BCUT2D eigenvalue weighted by Crippen LogP contribution is -2.55. The molecular weight excluding hydrogens is 548 g/mol. The van der Waals surface area contributed by atoms with Gasteiger partial charge in [0, 0.05) is 30.9 Å². The summed E-state index contributed by atoms with van der Waals surface area (Å²) in [6.45, 7) is 7.92. The number of piperidine rings is 1. The van der Waals surface area contributed by atoms with Crippen molar-refractivity contribution in [2.75, 3.05) is 32.8 Å². The third-order valence-corrected chi connectivity index (χ3v) is 13.2. The van der Waals surface area contributed by atoms with Gasteiger partial charge in [0.1, 0.15) is 11.5 Å². The Morgan fingerprint density at radius 2 is 1.74 bits per heavy atom. The predicted molar refractivity (Wildman–Crippen MR) is 163 cm³/mol. The second kappa shape index (κ2) is 11.6. The van der Waals surface area contributed by atoms with Crippen LogP contribution in [0.25, 0.3) is 0 Å². The summed E-state index contributed by atoms with van der Waals surface area (Å²) < 4.78 is 12.1. The van der Waals surface area contributed by atoms with Crippen molar-refractivity contribution in [1.29, 1.82) is 0 Å². The molecule has 3 heterocycles. The summed E-state index contributed by atoms with van der Waals surface area (Å²) in [5.41, 5.74) is -0.329. The summed E-state index contributed by atoms with van der Waals surface area (Å²) in [5.74, 6) is 3.57. The van der Waals surface area contributed by atoms with E-state index in [4.69, 9.17) is 9.26 Å². The number of thioether (sulfide) groups is 1. The third-order valence-electron chi connectivity index (χ3n) is 11.8. The van der Waals surface area contributed by atoms with Crippen molar-refractivity contribution < 1.29 is 18.8 Å². The molecular formula is C33H50N4O4S. The van der Waals surface area contributed by atoms with E-state index in [0.29, 0.717) is 34.1 Å². The monoisotopic (exact) mass is 598 g/mol. The van der Waals surface area contributed by atoms with Crippen molar-refractivity contribution in [3.05, 3.63) is 5.76 Å². The molecule has 2 N–H and O–H groups in total. The highest BCUT2D eigenvalue weighted by Crippen LogP contribution is 2.54. The lowest BCUT2D eigenvalue weighted by molar-refractivity contribution is -0.144. The highest BCUT2D eigenvalue weighted by Gasteiger charge is 2.49. The first-order valence-corrected chi connectivity index (χ1v) is 17.8. The van der Waals surface area contributed by atoms with Crippen molar-refractivity contribution in [1.82, 2.24) is 20.7 Å². The highest BCUT2D eigenvalue weighted by atomic mass is 32.2. The van der Waals surface area contributed by atoms with Gasteiger partial charge in [-0.2, -0.15) is 0 Å². The molecule has 7 aliphatic rings. The van der Waals surface area contributed by atoms with Gasteiger partial charge in [-0.15, -0.1) is 11.8 Å². The van der Waals surface area contributed by atoms with Crippen molar-refractivity contribution in [2.24, 2.45) is 34.5 Å². The molecule has 9 heteroatoms. The quantitative estimate of drug-likeness (QED) is 0.399. The lowest BCUT2D eigenvalue weighted by Gasteiger charge is -2.54. The molecule has 8 nitrogen and oxygen atoms in total. The fourth-order valence-electron chi connectivity index (χ4n) is 9.48. The van der Waals surface area contributed by atoms with Gasteiger partial charge in [-0.1, -0.05) is 19.3 Å². The topological polar surface area (TPSA) is 96.7 Å². The molecule has 2 saturated heterocycles. The van der Waals surface area contributed by atoms with Gasteiger partial charge in [0.15, 0.2) is 0 Å². The molecule has 232 valence electrons. The Balaban J connectivity index is 1.03. The first kappa shape index (κ1) is 29.0. The van der Waals surface area contributed by atoms with Gasteiger partial charge in [0.25, 0.3) is 11.8 Å². The van der Waals surface area contributed by atoms with Crippen LogP contribution in [0.3, 0.4) is 0 Å². The number of carbonyl (C=O) groups excluding carboxylic acids is 2. The Bertz CT molecular complexity index is 1120. The number of ether oxygens (including phenoxy) is 1. The number of nitrogens with zero attached hydrogens (tertiary/aromatic N) is 2. The fraction of sp³-hybridized carbons (Fsp3) is 0.848. The fourth-order valence-corrected chi connectivity index (χ4v) is 10.8. The first-order valence-electron chi connectivity index (χ1n) is 16.9. The summed E-state index contributed by atoms with van der Waals surface area (Å²) in [7, 11) is 0. The Morgan fingerprint density at radius 3 is 2.38 bits per heavy atom. The van der Waals surface area contributed by atoms with E-state index in [0.717, 1.165) is 68.6 Å². The van der Waals surface area contributed by atoms with Crippen LogP contribution in [0.2, 0.25) is 0 Å². The van der Waals surface area contributed by atoms with Gasteiger partial charge in [0.2, 0.25) is 11.7 Å². The molecule has 8 rings (SSSR count). The van der Waals surface area contributed by atoms with E-state index in [1.54, 1.807) is 11.8 Å². The molecule has 42 heavy (non-hydrogen) atoms. The molecule has 4 bridgehead atoms. The molecule has 1 aromatic rings. The minimum absolute atomic E-state index is 0.133. The molecule has 0 atom stereocenters. The maximum absolute atomic E-state index is 13.8. The van der Waals surface area contributed by atoms with Crippen molar-refractivity contribution in [3.8, 4) is 5.88 Å². The van der Waals surface area contributed by atoms with Crippen molar-refractivity contribution in [2.45, 2.75) is 114 Å². The predicted octanol–water partition coefficient (Wildman–Crippen LogP) is 5.66. The van der Waals surface area contributed by atoms with E-state index in [2.05, 4.69) is 15.8 Å². The SMILES string of the molecule is CC(C)(COc1noc(C(=O)NC2C3CC4CC(C3)CC2C4)c1SC1CCCCC1)C(=O)N1CCC2(CCNC2)CC1. The number of carbonyl (C=O) groups is 2. The number of nitrogens with one attached hydrogen (secondary N) is 2. The maximum atomic E-state index is 13.8. The Morgan fingerprint density at radius 1 is 1.05 bits per heavy atom. The van der Waals surface area contributed by atoms with Gasteiger partial charge < -0.3 is 24.8 Å². The third kappa shape index (κ3) is 5.73. The van der Waals surface area contributed by atoms with Crippen LogP contribution in [-0.2, 0) is 4.79 Å². The zero-order valence-electron chi connectivity index (χ0n) is 25.6. The van der Waals surface area contributed by atoms with Crippen LogP contribution in [0.1, 0.15) is 108 Å². The number of hydrogen-bond donors (Lipinski definition) is 2. The molecule has 1 spiro atoms. The zero-order chi connectivity index (χ0) is 28.9. The first-order chi connectivity index (χ1) is 20.3. The van der Waals surface area contributed by atoms with Crippen LogP contribution in [0.15, 0.2) is 9.42 Å². The van der Waals surface area contributed by atoms with Crippen LogP contribution in [0.4, 0.5) is 0 Å². The normalized spacial score (nSPS) is 32.4. The average Bonchev–Trinajstić information content (AvgIpc) is 3.61. The van der Waals surface area contributed by atoms with Crippen LogP contribution >= 0.6 is 11.8 Å². The van der Waals surface area contributed by atoms with E-state index in [-0.39, 0.29) is 24.5 Å². The molecule has 0 unspecified atom stereocenters. The summed E-state index contributed by atoms with van der Waals surface area (Å²) in [6.07, 6.45) is 15.7. The molecule has 5 aliphatic carbocycles. The highest BCUT2D eigenvalue weighted by molar-refractivity contribution is 8.00. The second-order valence-electron chi connectivity index (χ2n) is 15.3. The molecule has 2 amide bonds. The van der Waals surface area contributed by atoms with Gasteiger partial charge in [0.05, 0.1) is 5.41 Å². The molecule has 0 radical (unpaired) electrons. The average molecular weight is 599 g/mol. The van der Waals surface area contributed by atoms with E-state index >= 15 is 0 Å². The number of aromatic nitrogens is 1. The van der Waals surface area contributed by atoms with Crippen molar-refractivity contribution >= 4 is 23.6 Å². The van der Waals surface area contributed by atoms with E-state index in [1.165, 1.54) is 57.8 Å². The largest absolute Gasteiger partial charge is 0.474 e. The zero-order valence-corrected chi connectivity index (χ0v) is 26.4. The molecule has 5 saturated carbocycles. The Labute approximate surface area is 255 Å². The van der Waals surface area contributed by atoms with Crippen LogP contribution < -0.4 is 15.4 Å². The Hall–Kier alpha value is -1.74. The van der Waals surface area contributed by atoms with Crippen LogP contribution in [-0.4, -0.2) is 65.9 Å². The Kier molecular flexibility index (Phi) is 8.04. The smallest absolute Gasteiger partial charge is 0.291 e. The number of amides is 2. The second-order valence-corrected chi connectivity index (χ2v) is 16.7. The molecule has 0 aromatic carbocycles. The van der Waals surface area contributed by atoms with Gasteiger partial charge in [-0.25, -0.2) is 0 Å². The molecule has 1 aromatic heterocycles. The summed E-state index contributed by atoms with van der Waals surface area (Å²) in [6, 6.07) is 0.243. The van der Waals surface area contributed by atoms with E-state index in [9.17, 15) is 9.59 Å². The van der Waals surface area contributed by atoms with Gasteiger partial charge >= 0.3 is 0 Å². The standard InChI is InChI=1S/C33H50N4O4S/c1-32(2,31(39)37-12-9-33(10-13-37)8-11-34-19-33)20-40-30-28(42-25-6-4-3-5-7-25)27(41-36-30)29(38)35-26-23-15-21-14-22(17-23)18-24(26)16-21/h21-26,34H,3-20H2,1-2H3,(H,35,38). The van der Waals surface area contributed by atoms with Crippen LogP contribution in [0, 0.1) is 34.5 Å². The molecule has 7 fully saturated rings.